The SMILES string of the molecule is CCNC(=O)N1CCC(NC(=O)N2C[C@@H]3CCC[C@@]3(C(=O)O)C2)C1. The first kappa shape index (κ1) is 16.9. The third-order valence-corrected chi connectivity index (χ3v) is 5.71. The Kier molecular flexibility index (Phi) is 4.56. The summed E-state index contributed by atoms with van der Waals surface area (Å²) in [5.74, 6) is -0.709. The minimum atomic E-state index is -0.774. The van der Waals surface area contributed by atoms with Crippen LogP contribution < -0.4 is 10.6 Å². The van der Waals surface area contributed by atoms with Crippen LogP contribution in [0.3, 0.4) is 0 Å². The number of nitrogens with zero attached hydrogens (tertiary/aromatic N) is 2. The van der Waals surface area contributed by atoms with Crippen LogP contribution in [0.15, 0.2) is 0 Å². The topological polar surface area (TPSA) is 102 Å². The zero-order chi connectivity index (χ0) is 17.3. The maximum Gasteiger partial charge on any atom is 0.317 e. The van der Waals surface area contributed by atoms with Crippen LogP contribution in [0.2, 0.25) is 0 Å². The van der Waals surface area contributed by atoms with Crippen LogP contribution in [-0.4, -0.2) is 71.7 Å². The predicted molar refractivity (Wildman–Crippen MR) is 86.6 cm³/mol. The van der Waals surface area contributed by atoms with Crippen molar-refractivity contribution in [1.82, 2.24) is 20.4 Å². The van der Waals surface area contributed by atoms with E-state index in [0.29, 0.717) is 39.1 Å². The Morgan fingerprint density at radius 1 is 1.17 bits per heavy atom. The van der Waals surface area contributed by atoms with Gasteiger partial charge in [0.2, 0.25) is 0 Å². The van der Waals surface area contributed by atoms with Gasteiger partial charge in [0.1, 0.15) is 0 Å². The summed E-state index contributed by atoms with van der Waals surface area (Å²) in [6.07, 6.45) is 3.19. The van der Waals surface area contributed by atoms with E-state index < -0.39 is 11.4 Å². The molecule has 4 amide bonds. The fraction of sp³-hybridized carbons (Fsp3) is 0.812. The van der Waals surface area contributed by atoms with Crippen LogP contribution in [0, 0.1) is 11.3 Å². The quantitative estimate of drug-likeness (QED) is 0.704. The first-order valence-electron chi connectivity index (χ1n) is 8.78. The average molecular weight is 338 g/mol. The van der Waals surface area contributed by atoms with E-state index >= 15 is 0 Å². The Balaban J connectivity index is 1.54. The maximum atomic E-state index is 12.5. The van der Waals surface area contributed by atoms with Gasteiger partial charge in [0, 0.05) is 38.8 Å². The Bertz CT molecular complexity index is 540. The molecular formula is C16H26N4O4. The van der Waals surface area contributed by atoms with Crippen molar-refractivity contribution in [3.05, 3.63) is 0 Å². The summed E-state index contributed by atoms with van der Waals surface area (Å²) >= 11 is 0. The van der Waals surface area contributed by atoms with Crippen molar-refractivity contribution >= 4 is 18.0 Å². The highest BCUT2D eigenvalue weighted by atomic mass is 16.4. The second kappa shape index (κ2) is 6.49. The van der Waals surface area contributed by atoms with Crippen LogP contribution in [0.4, 0.5) is 9.59 Å². The highest BCUT2D eigenvalue weighted by molar-refractivity contribution is 5.81. The van der Waals surface area contributed by atoms with Crippen molar-refractivity contribution in [2.45, 2.75) is 38.6 Å². The molecule has 2 saturated heterocycles. The van der Waals surface area contributed by atoms with E-state index in [9.17, 15) is 19.5 Å². The largest absolute Gasteiger partial charge is 0.481 e. The Labute approximate surface area is 141 Å². The standard InChI is InChI=1S/C16H26N4O4/c1-2-17-14(23)19-7-5-12(9-19)18-15(24)20-8-11-4-3-6-16(11,10-20)13(21)22/h11-12H,2-10H2,1H3,(H,17,23)(H,18,24)(H,21,22)/t11-,12?,16+/m0/s1. The number of hydrogen-bond donors (Lipinski definition) is 3. The normalized spacial score (nSPS) is 31.9. The first-order valence-corrected chi connectivity index (χ1v) is 8.78. The number of carboxylic acid groups (broad SMARTS) is 1. The van der Waals surface area contributed by atoms with E-state index in [2.05, 4.69) is 10.6 Å². The first-order chi connectivity index (χ1) is 11.5. The molecule has 3 rings (SSSR count). The number of carboxylic acids is 1. The maximum absolute atomic E-state index is 12.5. The monoisotopic (exact) mass is 338 g/mol. The number of fused-ring (bicyclic) bond motifs is 1. The lowest BCUT2D eigenvalue weighted by atomic mass is 9.81. The molecule has 3 fully saturated rings. The number of carbonyl (C=O) groups excluding carboxylic acids is 2. The predicted octanol–water partition coefficient (Wildman–Crippen LogP) is 0.687. The van der Waals surface area contributed by atoms with Gasteiger partial charge in [-0.15, -0.1) is 0 Å². The molecule has 8 heteroatoms. The van der Waals surface area contributed by atoms with Gasteiger partial charge in [-0.3, -0.25) is 4.79 Å². The zero-order valence-corrected chi connectivity index (χ0v) is 14.1. The van der Waals surface area contributed by atoms with Gasteiger partial charge in [-0.1, -0.05) is 6.42 Å². The summed E-state index contributed by atoms with van der Waals surface area (Å²) in [5.41, 5.74) is -0.750. The van der Waals surface area contributed by atoms with E-state index in [4.69, 9.17) is 0 Å². The molecule has 3 N–H and O–H groups in total. The lowest BCUT2D eigenvalue weighted by Gasteiger charge is -2.24. The van der Waals surface area contributed by atoms with E-state index in [1.165, 1.54) is 0 Å². The highest BCUT2D eigenvalue weighted by Gasteiger charge is 2.55. The van der Waals surface area contributed by atoms with Crippen molar-refractivity contribution in [3.63, 3.8) is 0 Å². The molecule has 1 saturated carbocycles. The summed E-state index contributed by atoms with van der Waals surface area (Å²) < 4.78 is 0. The molecule has 0 aromatic carbocycles. The van der Waals surface area contributed by atoms with Crippen molar-refractivity contribution in [2.24, 2.45) is 11.3 Å². The molecule has 2 heterocycles. The van der Waals surface area contributed by atoms with Crippen molar-refractivity contribution in [1.29, 1.82) is 0 Å². The molecule has 1 aliphatic carbocycles. The Morgan fingerprint density at radius 2 is 1.96 bits per heavy atom. The number of nitrogens with one attached hydrogen (secondary N) is 2. The third-order valence-electron chi connectivity index (χ3n) is 5.71. The summed E-state index contributed by atoms with van der Waals surface area (Å²) in [5, 5.41) is 15.3. The number of rotatable bonds is 3. The molecule has 0 spiro atoms. The molecule has 0 aromatic heterocycles. The molecule has 3 aliphatic rings. The lowest BCUT2D eigenvalue weighted by Crippen LogP contribution is -2.47. The van der Waals surface area contributed by atoms with Crippen molar-refractivity contribution in [3.8, 4) is 0 Å². The van der Waals surface area contributed by atoms with Gasteiger partial charge in [-0.05, 0) is 32.1 Å². The fourth-order valence-electron chi connectivity index (χ4n) is 4.39. The molecule has 8 nitrogen and oxygen atoms in total. The number of amides is 4. The van der Waals surface area contributed by atoms with Crippen molar-refractivity contribution in [2.75, 3.05) is 32.7 Å². The van der Waals surface area contributed by atoms with Gasteiger partial charge in [0.05, 0.1) is 5.41 Å². The van der Waals surface area contributed by atoms with Crippen LogP contribution in [0.1, 0.15) is 32.6 Å². The number of aliphatic carboxylic acids is 1. The number of carbonyl (C=O) groups is 3. The molecule has 0 bridgehead atoms. The van der Waals surface area contributed by atoms with Gasteiger partial charge in [-0.25, -0.2) is 9.59 Å². The molecule has 0 radical (unpaired) electrons. The highest BCUT2D eigenvalue weighted by Crippen LogP contribution is 2.48. The molecular weight excluding hydrogens is 312 g/mol. The van der Waals surface area contributed by atoms with Gasteiger partial charge in [-0.2, -0.15) is 0 Å². The molecule has 1 unspecified atom stereocenters. The van der Waals surface area contributed by atoms with E-state index in [-0.39, 0.29) is 24.0 Å². The molecule has 0 aromatic rings. The van der Waals surface area contributed by atoms with E-state index in [1.807, 2.05) is 6.92 Å². The summed E-state index contributed by atoms with van der Waals surface area (Å²) in [6.45, 7) is 4.39. The molecule has 3 atom stereocenters. The van der Waals surface area contributed by atoms with Gasteiger partial charge < -0.3 is 25.5 Å². The van der Waals surface area contributed by atoms with Crippen LogP contribution in [-0.2, 0) is 4.79 Å². The molecule has 24 heavy (non-hydrogen) atoms. The van der Waals surface area contributed by atoms with Gasteiger partial charge >= 0.3 is 18.0 Å². The lowest BCUT2D eigenvalue weighted by molar-refractivity contribution is -0.149. The molecule has 2 aliphatic heterocycles. The summed E-state index contributed by atoms with van der Waals surface area (Å²) in [6, 6.07) is -0.371. The summed E-state index contributed by atoms with van der Waals surface area (Å²) in [4.78, 5) is 39.3. The van der Waals surface area contributed by atoms with Crippen molar-refractivity contribution < 1.29 is 19.5 Å². The minimum absolute atomic E-state index is 0.0659. The molecule has 134 valence electrons. The smallest absolute Gasteiger partial charge is 0.317 e. The second-order valence-corrected chi connectivity index (χ2v) is 7.15. The van der Waals surface area contributed by atoms with Gasteiger partial charge in [0.25, 0.3) is 0 Å². The van der Waals surface area contributed by atoms with Crippen LogP contribution in [0.5, 0.6) is 0 Å². The fourth-order valence-corrected chi connectivity index (χ4v) is 4.39. The van der Waals surface area contributed by atoms with Gasteiger partial charge in [0.15, 0.2) is 0 Å². The Morgan fingerprint density at radius 3 is 2.62 bits per heavy atom. The van der Waals surface area contributed by atoms with Crippen LogP contribution >= 0.6 is 0 Å². The number of likely N-dealkylation sites (tertiary alicyclic amines) is 2. The zero-order valence-electron chi connectivity index (χ0n) is 14.1. The Hall–Kier alpha value is -1.99. The second-order valence-electron chi connectivity index (χ2n) is 7.15. The number of urea groups is 2. The third kappa shape index (κ3) is 2.89. The van der Waals surface area contributed by atoms with Crippen LogP contribution in [0.25, 0.3) is 0 Å². The van der Waals surface area contributed by atoms with E-state index in [0.717, 1.165) is 19.3 Å². The average Bonchev–Trinajstić information content (AvgIpc) is 3.20. The summed E-state index contributed by atoms with van der Waals surface area (Å²) in [7, 11) is 0. The minimum Gasteiger partial charge on any atom is -0.481 e. The van der Waals surface area contributed by atoms with E-state index in [1.54, 1.807) is 9.80 Å². The number of hydrogen-bond acceptors (Lipinski definition) is 3.